The zero-order valence-electron chi connectivity index (χ0n) is 17.9. The van der Waals surface area contributed by atoms with Crippen LogP contribution >= 0.6 is 0 Å². The normalized spacial score (nSPS) is 24.2. The molecule has 0 atom stereocenters. The van der Waals surface area contributed by atoms with Crippen molar-refractivity contribution in [2.24, 2.45) is 23.3 Å². The summed E-state index contributed by atoms with van der Waals surface area (Å²) < 4.78 is 5.20. The van der Waals surface area contributed by atoms with Crippen molar-refractivity contribution >= 4 is 29.3 Å². The number of aryl methyl sites for hydroxylation is 1. The van der Waals surface area contributed by atoms with Crippen molar-refractivity contribution in [3.63, 3.8) is 0 Å². The van der Waals surface area contributed by atoms with Gasteiger partial charge in [-0.15, -0.1) is 0 Å². The number of hydrogen-bond acceptors (Lipinski definition) is 7. The summed E-state index contributed by atoms with van der Waals surface area (Å²) in [6.07, 6.45) is 13.4. The summed E-state index contributed by atoms with van der Waals surface area (Å²) in [5.41, 5.74) is 15.7. The van der Waals surface area contributed by atoms with Gasteiger partial charge in [-0.2, -0.15) is 15.5 Å². The van der Waals surface area contributed by atoms with Gasteiger partial charge in [-0.05, 0) is 36.9 Å². The van der Waals surface area contributed by atoms with Gasteiger partial charge in [0.05, 0.1) is 41.4 Å². The minimum Gasteiger partial charge on any atom is -0.384 e. The van der Waals surface area contributed by atoms with Gasteiger partial charge in [0.15, 0.2) is 6.21 Å². The zero-order valence-corrected chi connectivity index (χ0v) is 17.9. The van der Waals surface area contributed by atoms with Gasteiger partial charge in [-0.25, -0.2) is 9.50 Å². The number of nitrogens with two attached hydrogens (primary N) is 2. The van der Waals surface area contributed by atoms with E-state index in [4.69, 9.17) is 16.5 Å². The Morgan fingerprint density at radius 2 is 2.16 bits per heavy atom. The number of hydrazone groups is 1. The fraction of sp³-hybridized carbons (Fsp3) is 0.364. The van der Waals surface area contributed by atoms with E-state index >= 15 is 0 Å². The smallest absolute Gasteiger partial charge is 0.213 e. The Hall–Kier alpha value is -3.84. The molecule has 3 aromatic rings. The van der Waals surface area contributed by atoms with Gasteiger partial charge >= 0.3 is 0 Å². The number of nitriles is 1. The molecular weight excluding hydrogens is 404 g/mol. The molecule has 32 heavy (non-hydrogen) atoms. The summed E-state index contributed by atoms with van der Waals surface area (Å²) >= 11 is 0. The first-order chi connectivity index (χ1) is 15.5. The Bertz CT molecular complexity index is 1290. The molecule has 3 aromatic heterocycles. The average molecular weight is 430 g/mol. The maximum Gasteiger partial charge on any atom is 0.213 e. The summed E-state index contributed by atoms with van der Waals surface area (Å²) in [6.45, 7) is 0. The van der Waals surface area contributed by atoms with E-state index in [9.17, 15) is 5.26 Å². The van der Waals surface area contributed by atoms with Gasteiger partial charge in [0.2, 0.25) is 6.20 Å². The molecule has 1 fully saturated rings. The molecule has 2 aliphatic rings. The molecule has 0 radical (unpaired) electrons. The molecule has 4 N–H and O–H groups in total. The van der Waals surface area contributed by atoms with Crippen LogP contribution in [0.2, 0.25) is 0 Å². The monoisotopic (exact) mass is 429 g/mol. The Labute approximate surface area is 185 Å². The highest BCUT2D eigenvalue weighted by molar-refractivity contribution is 6.12. The Balaban J connectivity index is 1.54. The lowest BCUT2D eigenvalue weighted by Crippen LogP contribution is -2.36. The Kier molecular flexibility index (Phi) is 4.83. The fourth-order valence-electron chi connectivity index (χ4n) is 4.41. The van der Waals surface area contributed by atoms with Crippen LogP contribution in [0.1, 0.15) is 37.8 Å². The van der Waals surface area contributed by atoms with Gasteiger partial charge in [0, 0.05) is 19.2 Å². The largest absolute Gasteiger partial charge is 0.384 e. The molecule has 0 unspecified atom stereocenters. The standard InChI is InChI=1S/C22H25N10/c1-30-20(25)10-17(29-30)18-13-32-19(4-9-26-32)21(28-18)15-11-27-31(12-15)14-22(7-8-23)5-2-16(24)3-6-22/h4,9-14,16H,2-3,5-7,24-25H2,1H3/q+1/b31-14+. The SMILES string of the molecule is Cn1nc(-c2cn3nccc3c(C3=C/[N+](=C\C4(CC#N)CCC(N)CC4)N=C3)n2)cc1N. The minimum absolute atomic E-state index is 0.208. The predicted molar refractivity (Wildman–Crippen MR) is 122 cm³/mol. The van der Waals surface area contributed by atoms with E-state index < -0.39 is 0 Å². The van der Waals surface area contributed by atoms with Crippen LogP contribution in [0, 0.1) is 16.7 Å². The van der Waals surface area contributed by atoms with E-state index in [1.165, 1.54) is 0 Å². The van der Waals surface area contributed by atoms with E-state index in [-0.39, 0.29) is 11.5 Å². The number of aromatic nitrogens is 5. The summed E-state index contributed by atoms with van der Waals surface area (Å²) in [6, 6.07) is 6.27. The first-order valence-electron chi connectivity index (χ1n) is 10.6. The van der Waals surface area contributed by atoms with Crippen LogP contribution in [0.4, 0.5) is 5.82 Å². The molecule has 162 valence electrons. The predicted octanol–water partition coefficient (Wildman–Crippen LogP) is 1.94. The molecule has 0 bridgehead atoms. The first kappa shape index (κ1) is 20.1. The van der Waals surface area contributed by atoms with Crippen LogP contribution in [0.3, 0.4) is 0 Å². The molecular formula is C22H25N10+. The van der Waals surface area contributed by atoms with Gasteiger partial charge < -0.3 is 11.5 Å². The second-order valence-electron chi connectivity index (χ2n) is 8.59. The first-order valence-corrected chi connectivity index (χ1v) is 10.6. The van der Waals surface area contributed by atoms with Crippen LogP contribution in [-0.2, 0) is 7.05 Å². The third-order valence-corrected chi connectivity index (χ3v) is 6.31. The molecule has 5 rings (SSSR count). The van der Waals surface area contributed by atoms with Crippen molar-refractivity contribution in [3.05, 3.63) is 36.4 Å². The van der Waals surface area contributed by atoms with Gasteiger partial charge in [0.1, 0.15) is 29.1 Å². The van der Waals surface area contributed by atoms with Crippen LogP contribution in [0.5, 0.6) is 0 Å². The van der Waals surface area contributed by atoms with Crippen LogP contribution in [0.15, 0.2) is 35.8 Å². The highest BCUT2D eigenvalue weighted by Crippen LogP contribution is 2.37. The number of fused-ring (bicyclic) bond motifs is 1. The highest BCUT2D eigenvalue weighted by Gasteiger charge is 2.37. The molecule has 10 nitrogen and oxygen atoms in total. The fourth-order valence-corrected chi connectivity index (χ4v) is 4.41. The van der Waals surface area contributed by atoms with Gasteiger partial charge in [-0.3, -0.25) is 4.68 Å². The molecule has 1 saturated carbocycles. The van der Waals surface area contributed by atoms with Crippen molar-refractivity contribution in [2.75, 3.05) is 5.73 Å². The van der Waals surface area contributed by atoms with Crippen molar-refractivity contribution in [3.8, 4) is 17.5 Å². The van der Waals surface area contributed by atoms with E-state index in [0.717, 1.165) is 42.5 Å². The number of hydrogen-bond donors (Lipinski definition) is 2. The zero-order chi connectivity index (χ0) is 22.3. The number of nitrogens with zero attached hydrogens (tertiary/aromatic N) is 8. The van der Waals surface area contributed by atoms with Crippen LogP contribution in [0.25, 0.3) is 22.5 Å². The minimum atomic E-state index is -0.208. The van der Waals surface area contributed by atoms with Crippen molar-refractivity contribution in [1.29, 1.82) is 5.26 Å². The second kappa shape index (κ2) is 7.69. The quantitative estimate of drug-likeness (QED) is 0.608. The number of nitrogen functional groups attached to an aromatic ring is 1. The molecule has 1 aliphatic carbocycles. The summed E-state index contributed by atoms with van der Waals surface area (Å²) in [5.74, 6) is 0.557. The van der Waals surface area contributed by atoms with Gasteiger partial charge in [-0.1, -0.05) is 4.68 Å². The van der Waals surface area contributed by atoms with E-state index in [1.54, 1.807) is 34.7 Å². The third kappa shape index (κ3) is 3.56. The average Bonchev–Trinajstić information content (AvgIpc) is 3.51. The molecule has 0 aromatic carbocycles. The molecule has 0 saturated heterocycles. The Morgan fingerprint density at radius 3 is 2.88 bits per heavy atom. The lowest BCUT2D eigenvalue weighted by atomic mass is 9.71. The summed E-state index contributed by atoms with van der Waals surface area (Å²) in [5, 5.41) is 22.8. The van der Waals surface area contributed by atoms with Crippen molar-refractivity contribution in [2.45, 2.75) is 38.1 Å². The summed E-state index contributed by atoms with van der Waals surface area (Å²) in [7, 11) is 1.79. The Morgan fingerprint density at radius 1 is 1.34 bits per heavy atom. The molecule has 10 heteroatoms. The molecule has 0 amide bonds. The number of rotatable bonds is 4. The maximum atomic E-state index is 9.40. The van der Waals surface area contributed by atoms with Crippen molar-refractivity contribution < 1.29 is 4.68 Å². The van der Waals surface area contributed by atoms with Crippen LogP contribution < -0.4 is 11.5 Å². The summed E-state index contributed by atoms with van der Waals surface area (Å²) in [4.78, 5) is 4.86. The molecule has 0 spiro atoms. The van der Waals surface area contributed by atoms with Gasteiger partial charge in [0.25, 0.3) is 0 Å². The lowest BCUT2D eigenvalue weighted by molar-refractivity contribution is -0.456. The third-order valence-electron chi connectivity index (χ3n) is 6.31. The highest BCUT2D eigenvalue weighted by atomic mass is 15.4. The second-order valence-corrected chi connectivity index (χ2v) is 8.59. The number of allylic oxidation sites excluding steroid dienone is 1. The maximum absolute atomic E-state index is 9.40. The van der Waals surface area contributed by atoms with E-state index in [2.05, 4.69) is 27.6 Å². The van der Waals surface area contributed by atoms with E-state index in [0.29, 0.717) is 23.6 Å². The molecule has 1 aliphatic heterocycles. The number of anilines is 1. The van der Waals surface area contributed by atoms with Crippen LogP contribution in [-0.4, -0.2) is 47.5 Å². The van der Waals surface area contributed by atoms with Crippen molar-refractivity contribution in [1.82, 2.24) is 24.4 Å². The topological polar surface area (TPSA) is 139 Å². The lowest BCUT2D eigenvalue weighted by Gasteiger charge is -2.32. The van der Waals surface area contributed by atoms with E-state index in [1.807, 2.05) is 23.1 Å². The molecule has 4 heterocycles.